The zero-order valence-corrected chi connectivity index (χ0v) is 13.4. The number of aromatic carboxylic acids is 1. The second kappa shape index (κ2) is 6.43. The van der Waals surface area contributed by atoms with E-state index in [4.69, 9.17) is 5.11 Å². The van der Waals surface area contributed by atoms with Crippen LogP contribution in [0, 0.1) is 0 Å². The van der Waals surface area contributed by atoms with Crippen molar-refractivity contribution in [2.45, 2.75) is 24.9 Å². The maximum atomic E-state index is 12.9. The number of carboxylic acids is 1. The molecule has 8 heteroatoms. The number of alkyl halides is 3. The van der Waals surface area contributed by atoms with Crippen LogP contribution in [0.25, 0.3) is 0 Å². The second-order valence-corrected chi connectivity index (χ2v) is 6.63. The lowest BCUT2D eigenvalue weighted by Crippen LogP contribution is -2.32. The molecule has 0 saturated carbocycles. The Morgan fingerprint density at radius 1 is 1.21 bits per heavy atom. The van der Waals surface area contributed by atoms with E-state index in [2.05, 4.69) is 4.98 Å². The first-order valence-corrected chi connectivity index (χ1v) is 8.29. The summed E-state index contributed by atoms with van der Waals surface area (Å²) in [5, 5.41) is 9.11. The smallest absolute Gasteiger partial charge is 0.435 e. The molecule has 2 heterocycles. The van der Waals surface area contributed by atoms with Gasteiger partial charge in [0.25, 0.3) is 0 Å². The molecular weight excluding hydrogens is 341 g/mol. The number of piperidine rings is 1. The Morgan fingerprint density at radius 2 is 1.83 bits per heavy atom. The third-order valence-electron chi connectivity index (χ3n) is 4.12. The molecule has 1 N–H and O–H groups in total. The van der Waals surface area contributed by atoms with Crippen LogP contribution in [0.1, 0.15) is 39.7 Å². The summed E-state index contributed by atoms with van der Waals surface area (Å²) in [7, 11) is 0. The van der Waals surface area contributed by atoms with Crippen LogP contribution >= 0.6 is 11.3 Å². The number of hydrogen-bond acceptors (Lipinski definition) is 4. The average Bonchev–Trinajstić information content (AvgIpc) is 3.02. The van der Waals surface area contributed by atoms with Crippen LogP contribution in [-0.2, 0) is 6.18 Å². The van der Waals surface area contributed by atoms with E-state index in [9.17, 15) is 18.0 Å². The first kappa shape index (κ1) is 16.8. The van der Waals surface area contributed by atoms with Crippen LogP contribution in [-0.4, -0.2) is 29.1 Å². The number of nitrogens with zero attached hydrogens (tertiary/aromatic N) is 2. The fourth-order valence-corrected chi connectivity index (χ4v) is 3.89. The van der Waals surface area contributed by atoms with Crippen molar-refractivity contribution < 1.29 is 23.1 Å². The van der Waals surface area contributed by atoms with E-state index < -0.39 is 22.7 Å². The molecule has 1 aliphatic rings. The minimum atomic E-state index is -4.76. The van der Waals surface area contributed by atoms with Crippen LogP contribution in [0.3, 0.4) is 0 Å². The number of halogens is 3. The van der Waals surface area contributed by atoms with Gasteiger partial charge in [-0.15, -0.1) is 0 Å². The van der Waals surface area contributed by atoms with Crippen molar-refractivity contribution in [3.63, 3.8) is 0 Å². The lowest BCUT2D eigenvalue weighted by molar-refractivity contribution is -0.141. The highest BCUT2D eigenvalue weighted by Gasteiger charge is 2.40. The number of aromatic nitrogens is 1. The summed E-state index contributed by atoms with van der Waals surface area (Å²) in [6, 6.07) is 9.98. The second-order valence-electron chi connectivity index (χ2n) is 5.65. The fraction of sp³-hybridized carbons (Fsp3) is 0.375. The summed E-state index contributed by atoms with van der Waals surface area (Å²) < 4.78 is 38.8. The van der Waals surface area contributed by atoms with E-state index in [0.29, 0.717) is 30.3 Å². The molecule has 3 rings (SSSR count). The Balaban J connectivity index is 1.76. The molecule has 0 amide bonds. The minimum absolute atomic E-state index is 0.131. The topological polar surface area (TPSA) is 53.4 Å². The maximum absolute atomic E-state index is 12.9. The molecule has 0 radical (unpaired) electrons. The molecule has 0 bridgehead atoms. The van der Waals surface area contributed by atoms with Gasteiger partial charge in [-0.3, -0.25) is 0 Å². The summed E-state index contributed by atoms with van der Waals surface area (Å²) in [6.45, 7) is 1.12. The summed E-state index contributed by atoms with van der Waals surface area (Å²) in [5.41, 5.74) is -0.0846. The molecule has 0 aliphatic carbocycles. The van der Waals surface area contributed by atoms with Gasteiger partial charge in [-0.05, 0) is 24.3 Å². The number of hydrogen-bond donors (Lipinski definition) is 1. The Bertz CT molecular complexity index is 723. The van der Waals surface area contributed by atoms with Crippen LogP contribution < -0.4 is 4.90 Å². The third-order valence-corrected chi connectivity index (χ3v) is 5.22. The highest BCUT2D eigenvalue weighted by Crippen LogP contribution is 2.39. The van der Waals surface area contributed by atoms with Gasteiger partial charge in [-0.2, -0.15) is 13.2 Å². The number of anilines is 1. The van der Waals surface area contributed by atoms with E-state index >= 15 is 0 Å². The summed E-state index contributed by atoms with van der Waals surface area (Å²) >= 11 is 0.593. The first-order chi connectivity index (χ1) is 11.4. The Hall–Kier alpha value is -2.09. The van der Waals surface area contributed by atoms with Crippen molar-refractivity contribution in [1.29, 1.82) is 0 Å². The molecule has 0 spiro atoms. The van der Waals surface area contributed by atoms with Gasteiger partial charge in [0.15, 0.2) is 10.8 Å². The maximum Gasteiger partial charge on any atom is 0.435 e. The minimum Gasteiger partial charge on any atom is -0.477 e. The van der Waals surface area contributed by atoms with Gasteiger partial charge in [0, 0.05) is 13.1 Å². The monoisotopic (exact) mass is 356 g/mol. The lowest BCUT2D eigenvalue weighted by Gasteiger charge is -2.32. The van der Waals surface area contributed by atoms with Crippen molar-refractivity contribution in [3.8, 4) is 0 Å². The number of carbonyl (C=O) groups is 1. The molecule has 128 valence electrons. The zero-order valence-electron chi connectivity index (χ0n) is 12.6. The van der Waals surface area contributed by atoms with E-state index in [1.54, 1.807) is 4.90 Å². The van der Waals surface area contributed by atoms with Gasteiger partial charge in [0.2, 0.25) is 0 Å². The number of rotatable bonds is 3. The Kier molecular flexibility index (Phi) is 4.49. The van der Waals surface area contributed by atoms with Gasteiger partial charge in [-0.25, -0.2) is 9.78 Å². The molecular formula is C16H15F3N2O2S. The van der Waals surface area contributed by atoms with Crippen LogP contribution in [0.15, 0.2) is 30.3 Å². The predicted octanol–water partition coefficient (Wildman–Crippen LogP) is 4.24. The molecule has 1 aromatic heterocycles. The van der Waals surface area contributed by atoms with E-state index in [0.717, 1.165) is 12.8 Å². The SMILES string of the molecule is O=C(O)c1sc(N2CCC(c3ccccc3)CC2)nc1C(F)(F)F. The number of thiazole rings is 1. The summed E-state index contributed by atoms with van der Waals surface area (Å²) in [4.78, 5) is 15.6. The molecule has 0 unspecified atom stereocenters. The molecule has 2 aromatic rings. The normalized spacial score (nSPS) is 16.4. The van der Waals surface area contributed by atoms with Gasteiger partial charge in [0.1, 0.15) is 4.88 Å². The third kappa shape index (κ3) is 3.38. The van der Waals surface area contributed by atoms with Crippen molar-refractivity contribution in [3.05, 3.63) is 46.5 Å². The van der Waals surface area contributed by atoms with E-state index in [1.807, 2.05) is 30.3 Å². The van der Waals surface area contributed by atoms with Crippen molar-refractivity contribution >= 4 is 22.4 Å². The lowest BCUT2D eigenvalue weighted by atomic mass is 9.90. The van der Waals surface area contributed by atoms with Crippen molar-refractivity contribution in [2.75, 3.05) is 18.0 Å². The molecule has 1 saturated heterocycles. The van der Waals surface area contributed by atoms with E-state index in [1.165, 1.54) is 5.56 Å². The molecule has 24 heavy (non-hydrogen) atoms. The Morgan fingerprint density at radius 3 is 2.33 bits per heavy atom. The molecule has 1 aromatic carbocycles. The predicted molar refractivity (Wildman–Crippen MR) is 84.7 cm³/mol. The number of carboxylic acid groups (broad SMARTS) is 1. The van der Waals surface area contributed by atoms with Gasteiger partial charge in [-0.1, -0.05) is 41.7 Å². The van der Waals surface area contributed by atoms with Crippen molar-refractivity contribution in [1.82, 2.24) is 4.98 Å². The van der Waals surface area contributed by atoms with Crippen LogP contribution in [0.2, 0.25) is 0 Å². The summed E-state index contributed by atoms with van der Waals surface area (Å²) in [6.07, 6.45) is -3.16. The standard InChI is InChI=1S/C16H15F3N2O2S/c17-16(18,19)13-12(14(22)23)24-15(20-13)21-8-6-11(7-9-21)10-4-2-1-3-5-10/h1-5,11H,6-9H2,(H,22,23). The Labute approximate surface area is 140 Å². The van der Waals surface area contributed by atoms with Gasteiger partial charge in [0.05, 0.1) is 0 Å². The average molecular weight is 356 g/mol. The highest BCUT2D eigenvalue weighted by atomic mass is 32.1. The molecule has 1 aliphatic heterocycles. The quantitative estimate of drug-likeness (QED) is 0.894. The molecule has 1 fully saturated rings. The largest absolute Gasteiger partial charge is 0.477 e. The molecule has 0 atom stereocenters. The van der Waals surface area contributed by atoms with Crippen LogP contribution in [0.5, 0.6) is 0 Å². The summed E-state index contributed by atoms with van der Waals surface area (Å²) in [5.74, 6) is -1.23. The van der Waals surface area contributed by atoms with Gasteiger partial charge >= 0.3 is 12.1 Å². The van der Waals surface area contributed by atoms with Gasteiger partial charge < -0.3 is 10.0 Å². The zero-order chi connectivity index (χ0) is 17.3. The number of benzene rings is 1. The molecule has 4 nitrogen and oxygen atoms in total. The first-order valence-electron chi connectivity index (χ1n) is 7.47. The highest BCUT2D eigenvalue weighted by molar-refractivity contribution is 7.17. The fourth-order valence-electron chi connectivity index (χ4n) is 2.91. The van der Waals surface area contributed by atoms with Crippen LogP contribution in [0.4, 0.5) is 18.3 Å². The van der Waals surface area contributed by atoms with Crippen molar-refractivity contribution in [2.24, 2.45) is 0 Å². The van der Waals surface area contributed by atoms with E-state index in [-0.39, 0.29) is 5.13 Å².